The van der Waals surface area contributed by atoms with Crippen molar-refractivity contribution in [2.45, 2.75) is 25.2 Å². The maximum atomic E-state index is 13.2. The lowest BCUT2D eigenvalue weighted by Crippen LogP contribution is -2.42. The van der Waals surface area contributed by atoms with Gasteiger partial charge in [-0.15, -0.1) is 12.4 Å². The second-order valence-corrected chi connectivity index (χ2v) is 7.35. The van der Waals surface area contributed by atoms with Crippen LogP contribution in [0.4, 0.5) is 4.39 Å². The first kappa shape index (κ1) is 20.4. The Kier molecular flexibility index (Phi) is 6.43. The summed E-state index contributed by atoms with van der Waals surface area (Å²) in [6.07, 6.45) is 0. The van der Waals surface area contributed by atoms with E-state index in [0.717, 1.165) is 5.56 Å². The summed E-state index contributed by atoms with van der Waals surface area (Å²) in [7, 11) is 0. The molecule has 1 heterocycles. The molecule has 1 aliphatic heterocycles. The van der Waals surface area contributed by atoms with Crippen molar-refractivity contribution in [3.63, 3.8) is 0 Å². The molecule has 0 saturated carbocycles. The van der Waals surface area contributed by atoms with E-state index >= 15 is 0 Å². The van der Waals surface area contributed by atoms with Crippen LogP contribution in [-0.4, -0.2) is 30.4 Å². The van der Waals surface area contributed by atoms with Crippen molar-refractivity contribution in [1.29, 1.82) is 0 Å². The molecule has 3 nitrogen and oxygen atoms in total. The summed E-state index contributed by atoms with van der Waals surface area (Å²) < 4.78 is 13.2. The Morgan fingerprint density at radius 1 is 1.12 bits per heavy atom. The number of nitrogens with zero attached hydrogens (tertiary/aromatic N) is 1. The predicted molar refractivity (Wildman–Crippen MR) is 105 cm³/mol. The number of benzene rings is 2. The number of likely N-dealkylation sites (tertiary alicyclic amines) is 1. The fourth-order valence-electron chi connectivity index (χ4n) is 3.74. The number of nitrogens with two attached hydrogens (primary N) is 1. The number of hydrogen-bond acceptors (Lipinski definition) is 2. The van der Waals surface area contributed by atoms with Gasteiger partial charge >= 0.3 is 0 Å². The minimum Gasteiger partial charge on any atom is -0.341 e. The average Bonchev–Trinajstić information content (AvgIpc) is 3.06. The first-order valence-electron chi connectivity index (χ1n) is 8.74. The summed E-state index contributed by atoms with van der Waals surface area (Å²) in [6.45, 7) is 5.70. The SMILES string of the molecule is CC(C)(C(=O)N1C[C@@H](CN)[C@H](c2ccccc2)C1)c1ccc(F)cc1.Cl. The van der Waals surface area contributed by atoms with Crippen LogP contribution in [0.3, 0.4) is 0 Å². The summed E-state index contributed by atoms with van der Waals surface area (Å²) in [6, 6.07) is 16.4. The Morgan fingerprint density at radius 2 is 1.73 bits per heavy atom. The van der Waals surface area contributed by atoms with E-state index in [2.05, 4.69) is 12.1 Å². The Balaban J connectivity index is 0.00000243. The van der Waals surface area contributed by atoms with Crippen LogP contribution in [0.1, 0.15) is 30.9 Å². The minimum absolute atomic E-state index is 0. The zero-order valence-electron chi connectivity index (χ0n) is 15.2. The van der Waals surface area contributed by atoms with Gasteiger partial charge in [0.25, 0.3) is 0 Å². The fraction of sp³-hybridized carbons (Fsp3) is 0.381. The number of rotatable bonds is 4. The Hall–Kier alpha value is -1.91. The molecular formula is C21H26ClFN2O. The minimum atomic E-state index is -0.696. The van der Waals surface area contributed by atoms with Crippen LogP contribution < -0.4 is 5.73 Å². The van der Waals surface area contributed by atoms with Gasteiger partial charge < -0.3 is 10.6 Å². The van der Waals surface area contributed by atoms with E-state index in [1.807, 2.05) is 36.9 Å². The van der Waals surface area contributed by atoms with Gasteiger partial charge in [0.05, 0.1) is 5.41 Å². The molecule has 1 saturated heterocycles. The van der Waals surface area contributed by atoms with E-state index in [0.29, 0.717) is 19.6 Å². The summed E-state index contributed by atoms with van der Waals surface area (Å²) in [5.74, 6) is 0.297. The smallest absolute Gasteiger partial charge is 0.232 e. The molecule has 0 unspecified atom stereocenters. The first-order valence-corrected chi connectivity index (χ1v) is 8.74. The highest BCUT2D eigenvalue weighted by Gasteiger charge is 2.41. The molecule has 26 heavy (non-hydrogen) atoms. The Bertz CT molecular complexity index is 733. The molecule has 5 heteroatoms. The van der Waals surface area contributed by atoms with E-state index in [9.17, 15) is 9.18 Å². The zero-order chi connectivity index (χ0) is 18.0. The molecular weight excluding hydrogens is 351 g/mol. The van der Waals surface area contributed by atoms with Crippen molar-refractivity contribution in [2.24, 2.45) is 11.7 Å². The van der Waals surface area contributed by atoms with Crippen LogP contribution in [0.2, 0.25) is 0 Å². The van der Waals surface area contributed by atoms with Crippen molar-refractivity contribution in [1.82, 2.24) is 4.90 Å². The molecule has 0 bridgehead atoms. The highest BCUT2D eigenvalue weighted by atomic mass is 35.5. The third-order valence-electron chi connectivity index (χ3n) is 5.36. The van der Waals surface area contributed by atoms with Gasteiger partial charge in [0, 0.05) is 19.0 Å². The number of carbonyl (C=O) groups excluding carboxylic acids is 1. The van der Waals surface area contributed by atoms with Crippen LogP contribution in [-0.2, 0) is 10.2 Å². The molecule has 3 rings (SSSR count). The van der Waals surface area contributed by atoms with Crippen LogP contribution >= 0.6 is 12.4 Å². The van der Waals surface area contributed by atoms with E-state index in [-0.39, 0.29) is 36.0 Å². The van der Waals surface area contributed by atoms with Gasteiger partial charge in [-0.25, -0.2) is 4.39 Å². The molecule has 2 aromatic rings. The summed E-state index contributed by atoms with van der Waals surface area (Å²) in [5.41, 5.74) is 7.34. The quantitative estimate of drug-likeness (QED) is 0.883. The average molecular weight is 377 g/mol. The maximum absolute atomic E-state index is 13.2. The lowest BCUT2D eigenvalue weighted by Gasteiger charge is -2.30. The standard InChI is InChI=1S/C21H25FN2O.ClH/c1-21(2,17-8-10-18(22)11-9-17)20(25)24-13-16(12-23)19(14-24)15-6-4-3-5-7-15;/h3-11,16,19H,12-14,23H2,1-2H3;1H/t16-,19+;/m1./s1. The van der Waals surface area contributed by atoms with Crippen molar-refractivity contribution >= 4 is 18.3 Å². The number of halogens is 2. The van der Waals surface area contributed by atoms with Crippen molar-refractivity contribution in [3.05, 3.63) is 71.5 Å². The highest BCUT2D eigenvalue weighted by Crippen LogP contribution is 2.35. The number of carbonyl (C=O) groups is 1. The van der Waals surface area contributed by atoms with Crippen LogP contribution in [0.5, 0.6) is 0 Å². The predicted octanol–water partition coefficient (Wildman–Crippen LogP) is 3.73. The summed E-state index contributed by atoms with van der Waals surface area (Å²) in [4.78, 5) is 15.1. The molecule has 0 spiro atoms. The summed E-state index contributed by atoms with van der Waals surface area (Å²) >= 11 is 0. The Labute approximate surface area is 160 Å². The largest absolute Gasteiger partial charge is 0.341 e. The van der Waals surface area contributed by atoms with E-state index in [4.69, 9.17) is 5.73 Å². The zero-order valence-corrected chi connectivity index (χ0v) is 16.0. The van der Waals surface area contributed by atoms with Gasteiger partial charge in [-0.2, -0.15) is 0 Å². The molecule has 2 aromatic carbocycles. The second kappa shape index (κ2) is 8.19. The molecule has 1 aliphatic rings. The first-order chi connectivity index (χ1) is 11.9. The molecule has 2 N–H and O–H groups in total. The Morgan fingerprint density at radius 3 is 2.31 bits per heavy atom. The van der Waals surface area contributed by atoms with E-state index in [1.165, 1.54) is 17.7 Å². The summed E-state index contributed by atoms with van der Waals surface area (Å²) in [5, 5.41) is 0. The topological polar surface area (TPSA) is 46.3 Å². The lowest BCUT2D eigenvalue weighted by atomic mass is 9.83. The third kappa shape index (κ3) is 3.92. The van der Waals surface area contributed by atoms with Gasteiger partial charge in [-0.05, 0) is 49.6 Å². The van der Waals surface area contributed by atoms with Crippen molar-refractivity contribution in [3.8, 4) is 0 Å². The van der Waals surface area contributed by atoms with Gasteiger partial charge in [0.15, 0.2) is 0 Å². The molecule has 140 valence electrons. The van der Waals surface area contributed by atoms with Gasteiger partial charge in [-0.1, -0.05) is 42.5 Å². The molecule has 0 radical (unpaired) electrons. The lowest BCUT2D eigenvalue weighted by molar-refractivity contribution is -0.135. The molecule has 1 fully saturated rings. The van der Waals surface area contributed by atoms with Crippen molar-refractivity contribution < 1.29 is 9.18 Å². The normalized spacial score (nSPS) is 19.9. The highest BCUT2D eigenvalue weighted by molar-refractivity contribution is 5.87. The fourth-order valence-corrected chi connectivity index (χ4v) is 3.74. The molecule has 0 aliphatic carbocycles. The van der Waals surface area contributed by atoms with Crippen LogP contribution in [0.25, 0.3) is 0 Å². The molecule has 0 aromatic heterocycles. The van der Waals surface area contributed by atoms with Gasteiger partial charge in [-0.3, -0.25) is 4.79 Å². The number of hydrogen-bond donors (Lipinski definition) is 1. The van der Waals surface area contributed by atoms with Crippen LogP contribution in [0, 0.1) is 11.7 Å². The van der Waals surface area contributed by atoms with E-state index < -0.39 is 5.41 Å². The second-order valence-electron chi connectivity index (χ2n) is 7.35. The third-order valence-corrected chi connectivity index (χ3v) is 5.36. The van der Waals surface area contributed by atoms with Gasteiger partial charge in [0.2, 0.25) is 5.91 Å². The van der Waals surface area contributed by atoms with Gasteiger partial charge in [0.1, 0.15) is 5.82 Å². The molecule has 2 atom stereocenters. The van der Waals surface area contributed by atoms with Crippen LogP contribution in [0.15, 0.2) is 54.6 Å². The monoisotopic (exact) mass is 376 g/mol. The number of amides is 1. The molecule has 1 amide bonds. The maximum Gasteiger partial charge on any atom is 0.232 e. The van der Waals surface area contributed by atoms with Crippen molar-refractivity contribution in [2.75, 3.05) is 19.6 Å². The van der Waals surface area contributed by atoms with E-state index in [1.54, 1.807) is 12.1 Å².